The van der Waals surface area contributed by atoms with Gasteiger partial charge in [-0.2, -0.15) is 0 Å². The van der Waals surface area contributed by atoms with Gasteiger partial charge in [-0.1, -0.05) is 35.9 Å². The number of nitrogens with zero attached hydrogens (tertiary/aromatic N) is 2. The van der Waals surface area contributed by atoms with Crippen molar-refractivity contribution < 1.29 is 4.79 Å². The maximum Gasteiger partial charge on any atom is 0.230 e. The zero-order valence-electron chi connectivity index (χ0n) is 13.6. The summed E-state index contributed by atoms with van der Waals surface area (Å²) in [6.45, 7) is 0.532. The summed E-state index contributed by atoms with van der Waals surface area (Å²) in [5.41, 5.74) is 3.28. The first-order valence-electron chi connectivity index (χ1n) is 7.87. The molecule has 0 saturated heterocycles. The molecule has 0 fully saturated rings. The first-order valence-corrected chi connectivity index (χ1v) is 9.40. The van der Waals surface area contributed by atoms with Crippen molar-refractivity contribution in [2.75, 3.05) is 5.75 Å². The van der Waals surface area contributed by atoms with Crippen LogP contribution in [0.4, 0.5) is 0 Å². The van der Waals surface area contributed by atoms with E-state index in [0.29, 0.717) is 12.3 Å². The minimum absolute atomic E-state index is 0.0395. The lowest BCUT2D eigenvalue weighted by molar-refractivity contribution is -0.118. The second-order valence-electron chi connectivity index (χ2n) is 5.53. The summed E-state index contributed by atoms with van der Waals surface area (Å²) >= 11 is 7.45. The van der Waals surface area contributed by atoms with Gasteiger partial charge >= 0.3 is 0 Å². The standard InChI is InChI=1S/C19H18ClN3OS/c20-17-5-1-16(2-6-17)12-25-13-19(24)22-11-15-3-7-18(8-4-15)23-10-9-21-14-23/h1-10,14H,11-13H2,(H,22,24). The molecule has 128 valence electrons. The molecule has 0 bridgehead atoms. The lowest BCUT2D eigenvalue weighted by Crippen LogP contribution is -2.24. The Kier molecular flexibility index (Phi) is 6.14. The van der Waals surface area contributed by atoms with Crippen LogP contribution in [0.3, 0.4) is 0 Å². The molecule has 0 spiro atoms. The number of hydrogen-bond acceptors (Lipinski definition) is 3. The van der Waals surface area contributed by atoms with Gasteiger partial charge in [0.15, 0.2) is 0 Å². The number of rotatable bonds is 7. The quantitative estimate of drug-likeness (QED) is 0.680. The molecule has 1 heterocycles. The van der Waals surface area contributed by atoms with Crippen LogP contribution in [0.5, 0.6) is 0 Å². The maximum atomic E-state index is 11.9. The van der Waals surface area contributed by atoms with E-state index in [2.05, 4.69) is 10.3 Å². The number of carbonyl (C=O) groups excluding carboxylic acids is 1. The van der Waals surface area contributed by atoms with Crippen molar-refractivity contribution in [1.29, 1.82) is 0 Å². The van der Waals surface area contributed by atoms with Crippen molar-refractivity contribution in [1.82, 2.24) is 14.9 Å². The Bertz CT molecular complexity index is 802. The van der Waals surface area contributed by atoms with Crippen LogP contribution in [0.2, 0.25) is 5.02 Å². The average Bonchev–Trinajstić information content (AvgIpc) is 3.17. The first-order chi connectivity index (χ1) is 12.2. The summed E-state index contributed by atoms with van der Waals surface area (Å²) in [7, 11) is 0. The van der Waals surface area contributed by atoms with Crippen LogP contribution < -0.4 is 5.32 Å². The van der Waals surface area contributed by atoms with Crippen LogP contribution >= 0.6 is 23.4 Å². The predicted octanol–water partition coefficient (Wildman–Crippen LogP) is 4.08. The molecule has 2 aromatic carbocycles. The Balaban J connectivity index is 1.40. The maximum absolute atomic E-state index is 11.9. The largest absolute Gasteiger partial charge is 0.351 e. The Morgan fingerprint density at radius 3 is 2.48 bits per heavy atom. The smallest absolute Gasteiger partial charge is 0.230 e. The summed E-state index contributed by atoms with van der Waals surface area (Å²) < 4.78 is 1.94. The highest BCUT2D eigenvalue weighted by molar-refractivity contribution is 7.99. The van der Waals surface area contributed by atoms with E-state index >= 15 is 0 Å². The number of carbonyl (C=O) groups is 1. The Morgan fingerprint density at radius 1 is 1.08 bits per heavy atom. The number of hydrogen-bond donors (Lipinski definition) is 1. The summed E-state index contributed by atoms with van der Waals surface area (Å²) in [5.74, 6) is 1.28. The highest BCUT2D eigenvalue weighted by atomic mass is 35.5. The fourth-order valence-corrected chi connectivity index (χ4v) is 3.24. The van der Waals surface area contributed by atoms with E-state index in [-0.39, 0.29) is 5.91 Å². The molecule has 3 aromatic rings. The third-order valence-electron chi connectivity index (χ3n) is 3.64. The Morgan fingerprint density at radius 2 is 1.80 bits per heavy atom. The van der Waals surface area contributed by atoms with Crippen molar-refractivity contribution in [2.45, 2.75) is 12.3 Å². The number of imidazole rings is 1. The fourth-order valence-electron chi connectivity index (χ4n) is 2.29. The molecule has 6 heteroatoms. The number of aromatic nitrogens is 2. The first kappa shape index (κ1) is 17.6. The second kappa shape index (κ2) is 8.74. The minimum Gasteiger partial charge on any atom is -0.351 e. The molecule has 1 aromatic heterocycles. The molecule has 25 heavy (non-hydrogen) atoms. The van der Waals surface area contributed by atoms with E-state index in [1.54, 1.807) is 24.3 Å². The van der Waals surface area contributed by atoms with Gasteiger partial charge in [-0.15, -0.1) is 11.8 Å². The van der Waals surface area contributed by atoms with Crippen LogP contribution in [0.25, 0.3) is 5.69 Å². The summed E-state index contributed by atoms with van der Waals surface area (Å²) in [6.07, 6.45) is 5.40. The number of amides is 1. The zero-order valence-corrected chi connectivity index (χ0v) is 15.1. The normalized spacial score (nSPS) is 10.6. The molecule has 0 aliphatic rings. The van der Waals surface area contributed by atoms with Gasteiger partial charge in [-0.05, 0) is 35.4 Å². The van der Waals surface area contributed by atoms with Crippen molar-refractivity contribution in [2.24, 2.45) is 0 Å². The second-order valence-corrected chi connectivity index (χ2v) is 6.95. The lowest BCUT2D eigenvalue weighted by atomic mass is 10.2. The van der Waals surface area contributed by atoms with E-state index in [1.807, 2.05) is 59.3 Å². The average molecular weight is 372 g/mol. The molecule has 1 amide bonds. The highest BCUT2D eigenvalue weighted by Crippen LogP contribution is 2.15. The molecule has 0 aliphatic heterocycles. The molecule has 0 radical (unpaired) electrons. The van der Waals surface area contributed by atoms with Crippen LogP contribution in [-0.4, -0.2) is 21.2 Å². The monoisotopic (exact) mass is 371 g/mol. The zero-order chi connectivity index (χ0) is 17.5. The fraction of sp³-hybridized carbons (Fsp3) is 0.158. The molecule has 1 N–H and O–H groups in total. The van der Waals surface area contributed by atoms with Gasteiger partial charge in [0.25, 0.3) is 0 Å². The van der Waals surface area contributed by atoms with E-state index in [4.69, 9.17) is 11.6 Å². The van der Waals surface area contributed by atoms with Crippen LogP contribution in [0, 0.1) is 0 Å². The van der Waals surface area contributed by atoms with Crippen molar-refractivity contribution in [3.05, 3.63) is 83.4 Å². The molecule has 0 atom stereocenters. The van der Waals surface area contributed by atoms with E-state index < -0.39 is 0 Å². The molecule has 0 saturated carbocycles. The number of thioether (sulfide) groups is 1. The van der Waals surface area contributed by atoms with E-state index in [1.165, 1.54) is 0 Å². The summed E-state index contributed by atoms with van der Waals surface area (Å²) in [6, 6.07) is 15.7. The molecular formula is C19H18ClN3OS. The number of nitrogens with one attached hydrogen (secondary N) is 1. The molecule has 4 nitrogen and oxygen atoms in total. The van der Waals surface area contributed by atoms with Gasteiger partial charge < -0.3 is 9.88 Å². The Labute approximate surface area is 156 Å². The van der Waals surface area contributed by atoms with Gasteiger partial charge in [0.2, 0.25) is 5.91 Å². The summed E-state index contributed by atoms with van der Waals surface area (Å²) in [5, 5.41) is 3.68. The van der Waals surface area contributed by atoms with Crippen LogP contribution in [0.15, 0.2) is 67.3 Å². The van der Waals surface area contributed by atoms with Crippen molar-refractivity contribution in [3.8, 4) is 5.69 Å². The topological polar surface area (TPSA) is 46.9 Å². The van der Waals surface area contributed by atoms with Gasteiger partial charge in [0.05, 0.1) is 12.1 Å². The van der Waals surface area contributed by atoms with Gasteiger partial charge in [0.1, 0.15) is 0 Å². The predicted molar refractivity (Wildman–Crippen MR) is 103 cm³/mol. The molecule has 0 aliphatic carbocycles. The van der Waals surface area contributed by atoms with Gasteiger partial charge in [0, 0.05) is 35.4 Å². The Hall–Kier alpha value is -2.24. The van der Waals surface area contributed by atoms with Crippen LogP contribution in [-0.2, 0) is 17.1 Å². The van der Waals surface area contributed by atoms with E-state index in [0.717, 1.165) is 27.6 Å². The van der Waals surface area contributed by atoms with E-state index in [9.17, 15) is 4.79 Å². The minimum atomic E-state index is 0.0395. The third-order valence-corrected chi connectivity index (χ3v) is 4.90. The molecular weight excluding hydrogens is 354 g/mol. The van der Waals surface area contributed by atoms with Crippen molar-refractivity contribution in [3.63, 3.8) is 0 Å². The molecule has 3 rings (SSSR count). The van der Waals surface area contributed by atoms with Gasteiger partial charge in [-0.3, -0.25) is 4.79 Å². The SMILES string of the molecule is O=C(CSCc1ccc(Cl)cc1)NCc1ccc(-n2ccnc2)cc1. The molecule has 0 unspecified atom stereocenters. The highest BCUT2D eigenvalue weighted by Gasteiger charge is 2.03. The van der Waals surface area contributed by atoms with Crippen LogP contribution in [0.1, 0.15) is 11.1 Å². The third kappa shape index (κ3) is 5.37. The van der Waals surface area contributed by atoms with Gasteiger partial charge in [-0.25, -0.2) is 4.98 Å². The number of halogens is 1. The lowest BCUT2D eigenvalue weighted by Gasteiger charge is -2.07. The van der Waals surface area contributed by atoms with Crippen molar-refractivity contribution >= 4 is 29.3 Å². The number of benzene rings is 2. The summed E-state index contributed by atoms with van der Waals surface area (Å²) in [4.78, 5) is 16.0.